The van der Waals surface area contributed by atoms with Gasteiger partial charge in [-0.2, -0.15) is 0 Å². The van der Waals surface area contributed by atoms with Gasteiger partial charge in [-0.15, -0.1) is 0 Å². The topological polar surface area (TPSA) is 29.1 Å². The number of hydrogen-bond donors (Lipinski definition) is 1. The number of amides is 1. The van der Waals surface area contributed by atoms with Crippen LogP contribution in [-0.2, 0) is 0 Å². The first-order valence-electron chi connectivity index (χ1n) is 5.76. The Hall–Kier alpha value is -0.610. The van der Waals surface area contributed by atoms with Crippen LogP contribution in [-0.4, -0.2) is 17.3 Å². The molecule has 0 aliphatic rings. The monoisotopic (exact) mass is 335 g/mol. The second-order valence-electron chi connectivity index (χ2n) is 4.58. The predicted octanol–water partition coefficient (Wildman–Crippen LogP) is 4.02. The molecular weight excluding hydrogens is 321 g/mol. The second-order valence-corrected chi connectivity index (χ2v) is 5.66. The first kappa shape index (κ1) is 15.4. The zero-order valence-corrected chi connectivity index (χ0v) is 12.7. The lowest BCUT2D eigenvalue weighted by molar-refractivity contribution is 0.0933. The molecular formula is C13H16BrClFNO. The van der Waals surface area contributed by atoms with E-state index in [0.29, 0.717) is 16.3 Å². The third-order valence-electron chi connectivity index (χ3n) is 2.45. The Balaban J connectivity index is 2.77. The fourth-order valence-corrected chi connectivity index (χ4v) is 2.26. The fraction of sp³-hybridized carbons (Fsp3) is 0.462. The van der Waals surface area contributed by atoms with Crippen molar-refractivity contribution in [3.8, 4) is 0 Å². The third kappa shape index (κ3) is 4.58. The number of halogens is 3. The molecule has 5 heteroatoms. The number of carbonyl (C=O) groups is 1. The Labute approximate surface area is 120 Å². The van der Waals surface area contributed by atoms with E-state index < -0.39 is 11.7 Å². The maximum atomic E-state index is 13.5. The van der Waals surface area contributed by atoms with E-state index in [0.717, 1.165) is 6.42 Å². The van der Waals surface area contributed by atoms with Gasteiger partial charge in [0.1, 0.15) is 5.82 Å². The number of nitrogens with one attached hydrogen (secondary N) is 1. The van der Waals surface area contributed by atoms with Crippen LogP contribution in [0, 0.1) is 11.7 Å². The van der Waals surface area contributed by atoms with Gasteiger partial charge in [-0.1, -0.05) is 41.4 Å². The molecule has 1 unspecified atom stereocenters. The van der Waals surface area contributed by atoms with Gasteiger partial charge in [-0.3, -0.25) is 4.79 Å². The molecule has 0 aromatic heterocycles. The molecule has 0 aliphatic heterocycles. The number of rotatable bonds is 5. The molecule has 0 aliphatic carbocycles. The van der Waals surface area contributed by atoms with E-state index in [4.69, 9.17) is 11.6 Å². The summed E-state index contributed by atoms with van der Waals surface area (Å²) in [6.45, 7) is 4.14. The molecule has 0 fully saturated rings. The van der Waals surface area contributed by atoms with Crippen LogP contribution in [0.3, 0.4) is 0 Å². The van der Waals surface area contributed by atoms with Crippen LogP contribution in [0.1, 0.15) is 30.6 Å². The van der Waals surface area contributed by atoms with Crippen LogP contribution in [0.5, 0.6) is 0 Å². The predicted molar refractivity (Wildman–Crippen MR) is 75.9 cm³/mol. The zero-order chi connectivity index (χ0) is 13.7. The van der Waals surface area contributed by atoms with Crippen LogP contribution < -0.4 is 5.32 Å². The Morgan fingerprint density at radius 1 is 1.50 bits per heavy atom. The van der Waals surface area contributed by atoms with Crippen molar-refractivity contribution in [3.05, 3.63) is 34.6 Å². The highest BCUT2D eigenvalue weighted by atomic mass is 79.9. The van der Waals surface area contributed by atoms with Gasteiger partial charge in [-0.05, 0) is 30.5 Å². The Morgan fingerprint density at radius 3 is 2.72 bits per heavy atom. The number of alkyl halides is 1. The molecule has 2 nitrogen and oxygen atoms in total. The maximum absolute atomic E-state index is 13.5. The first-order valence-corrected chi connectivity index (χ1v) is 7.25. The third-order valence-corrected chi connectivity index (χ3v) is 3.47. The fourth-order valence-electron chi connectivity index (χ4n) is 1.66. The zero-order valence-electron chi connectivity index (χ0n) is 10.3. The van der Waals surface area contributed by atoms with E-state index >= 15 is 0 Å². The van der Waals surface area contributed by atoms with E-state index in [-0.39, 0.29) is 11.6 Å². The molecule has 0 bridgehead atoms. The molecule has 1 aromatic rings. The van der Waals surface area contributed by atoms with Crippen molar-refractivity contribution in [1.29, 1.82) is 0 Å². The molecule has 1 amide bonds. The van der Waals surface area contributed by atoms with E-state index in [9.17, 15) is 9.18 Å². The summed E-state index contributed by atoms with van der Waals surface area (Å²) in [6.07, 6.45) is 0.833. The van der Waals surface area contributed by atoms with Crippen molar-refractivity contribution in [2.24, 2.45) is 5.92 Å². The highest BCUT2D eigenvalue weighted by Gasteiger charge is 2.17. The van der Waals surface area contributed by atoms with Crippen molar-refractivity contribution < 1.29 is 9.18 Å². The van der Waals surface area contributed by atoms with Gasteiger partial charge in [0.2, 0.25) is 0 Å². The van der Waals surface area contributed by atoms with Crippen LogP contribution in [0.4, 0.5) is 4.39 Å². The summed E-state index contributed by atoms with van der Waals surface area (Å²) < 4.78 is 13.5. The summed E-state index contributed by atoms with van der Waals surface area (Å²) in [7, 11) is 0. The van der Waals surface area contributed by atoms with Crippen LogP contribution in [0.25, 0.3) is 0 Å². The van der Waals surface area contributed by atoms with Crippen molar-refractivity contribution in [1.82, 2.24) is 5.32 Å². The van der Waals surface area contributed by atoms with Gasteiger partial charge >= 0.3 is 0 Å². The van der Waals surface area contributed by atoms with E-state index in [1.807, 2.05) is 0 Å². The summed E-state index contributed by atoms with van der Waals surface area (Å²) in [5.74, 6) is -0.535. The van der Waals surface area contributed by atoms with Gasteiger partial charge in [0, 0.05) is 16.4 Å². The molecule has 0 heterocycles. The second kappa shape index (κ2) is 7.10. The highest BCUT2D eigenvalue weighted by Crippen LogP contribution is 2.16. The van der Waals surface area contributed by atoms with Gasteiger partial charge < -0.3 is 5.32 Å². The van der Waals surface area contributed by atoms with Crippen LogP contribution in [0.2, 0.25) is 5.02 Å². The molecule has 18 heavy (non-hydrogen) atoms. The van der Waals surface area contributed by atoms with Gasteiger partial charge in [0.25, 0.3) is 5.91 Å². The van der Waals surface area contributed by atoms with Gasteiger partial charge in [-0.25, -0.2) is 4.39 Å². The summed E-state index contributed by atoms with van der Waals surface area (Å²) in [6, 6.07) is 3.94. The largest absolute Gasteiger partial charge is 0.348 e. The molecule has 0 saturated carbocycles. The molecule has 1 atom stereocenters. The lowest BCUT2D eigenvalue weighted by Gasteiger charge is -2.18. The molecule has 1 aromatic carbocycles. The molecule has 1 N–H and O–H groups in total. The van der Waals surface area contributed by atoms with Crippen molar-refractivity contribution in [2.45, 2.75) is 26.3 Å². The molecule has 0 spiro atoms. The Kier molecular flexibility index (Phi) is 6.09. The Morgan fingerprint density at radius 2 is 2.17 bits per heavy atom. The maximum Gasteiger partial charge on any atom is 0.254 e. The van der Waals surface area contributed by atoms with Crippen molar-refractivity contribution >= 4 is 33.4 Å². The lowest BCUT2D eigenvalue weighted by Crippen LogP contribution is -2.37. The minimum absolute atomic E-state index is 0.0165. The SMILES string of the molecule is CC(C)CC(CBr)NC(=O)c1cc(Cl)ccc1F. The minimum atomic E-state index is -0.560. The van der Waals surface area contributed by atoms with E-state index in [1.54, 1.807) is 0 Å². The lowest BCUT2D eigenvalue weighted by atomic mass is 10.0. The molecule has 0 saturated heterocycles. The normalized spacial score (nSPS) is 12.6. The van der Waals surface area contributed by atoms with Crippen LogP contribution in [0.15, 0.2) is 18.2 Å². The minimum Gasteiger partial charge on any atom is -0.348 e. The van der Waals surface area contributed by atoms with Gasteiger partial charge in [0.15, 0.2) is 0 Å². The van der Waals surface area contributed by atoms with Crippen LogP contribution >= 0.6 is 27.5 Å². The summed E-state index contributed by atoms with van der Waals surface area (Å²) in [4.78, 5) is 11.9. The summed E-state index contributed by atoms with van der Waals surface area (Å²) in [5, 5.41) is 3.78. The van der Waals surface area contributed by atoms with Gasteiger partial charge in [0.05, 0.1) is 5.56 Å². The molecule has 100 valence electrons. The highest BCUT2D eigenvalue weighted by molar-refractivity contribution is 9.09. The summed E-state index contributed by atoms with van der Waals surface area (Å²) >= 11 is 9.10. The smallest absolute Gasteiger partial charge is 0.254 e. The average Bonchev–Trinajstić information content (AvgIpc) is 2.30. The van der Waals surface area contributed by atoms with Crippen molar-refractivity contribution in [2.75, 3.05) is 5.33 Å². The van der Waals surface area contributed by atoms with E-state index in [1.165, 1.54) is 18.2 Å². The quantitative estimate of drug-likeness (QED) is 0.809. The number of benzene rings is 1. The summed E-state index contributed by atoms with van der Waals surface area (Å²) in [5.41, 5.74) is -0.0165. The van der Waals surface area contributed by atoms with Crippen molar-refractivity contribution in [3.63, 3.8) is 0 Å². The molecule has 1 rings (SSSR count). The molecule has 0 radical (unpaired) electrons. The number of carbonyl (C=O) groups excluding carboxylic acids is 1. The standard InChI is InChI=1S/C13H16BrClFNO/c1-8(2)5-10(7-14)17-13(18)11-6-9(15)3-4-12(11)16/h3-4,6,8,10H,5,7H2,1-2H3,(H,17,18). The average molecular weight is 337 g/mol. The number of hydrogen-bond acceptors (Lipinski definition) is 1. The Bertz CT molecular complexity index is 425. The van der Waals surface area contributed by atoms with E-state index in [2.05, 4.69) is 35.1 Å². The first-order chi connectivity index (χ1) is 8.43.